The van der Waals surface area contributed by atoms with Crippen LogP contribution in [0.3, 0.4) is 0 Å². The lowest BCUT2D eigenvalue weighted by atomic mass is 9.80. The molecule has 1 saturated carbocycles. The highest BCUT2D eigenvalue weighted by atomic mass is 15.3. The van der Waals surface area contributed by atoms with Gasteiger partial charge in [0.05, 0.1) is 6.54 Å². The number of hydrogen-bond acceptors (Lipinski definition) is 6. The molecule has 4 rings (SSSR count). The quantitative estimate of drug-likeness (QED) is 0.730. The molecule has 0 aromatic carbocycles. The zero-order chi connectivity index (χ0) is 18.1. The first-order valence-electron chi connectivity index (χ1n) is 9.89. The van der Waals surface area contributed by atoms with E-state index >= 15 is 0 Å². The van der Waals surface area contributed by atoms with E-state index in [-0.39, 0.29) is 0 Å². The van der Waals surface area contributed by atoms with Crippen molar-refractivity contribution in [2.45, 2.75) is 77.4 Å². The van der Waals surface area contributed by atoms with Crippen LogP contribution in [0, 0.1) is 6.92 Å². The average molecular weight is 355 g/mol. The first-order chi connectivity index (χ1) is 12.7. The highest BCUT2D eigenvalue weighted by Crippen LogP contribution is 2.34. The highest BCUT2D eigenvalue weighted by Gasteiger charge is 2.31. The number of rotatable bonds is 7. The van der Waals surface area contributed by atoms with Gasteiger partial charge >= 0.3 is 0 Å². The van der Waals surface area contributed by atoms with Crippen LogP contribution in [-0.2, 0) is 32.4 Å². The van der Waals surface area contributed by atoms with Crippen LogP contribution in [0.1, 0.15) is 66.5 Å². The maximum Gasteiger partial charge on any atom is 0.147 e. The van der Waals surface area contributed by atoms with Crippen molar-refractivity contribution in [2.24, 2.45) is 5.73 Å². The Hall–Kier alpha value is -1.86. The first-order valence-corrected chi connectivity index (χ1v) is 9.89. The second-order valence-corrected chi connectivity index (χ2v) is 7.58. The number of aryl methyl sites for hydroxylation is 2. The molecule has 26 heavy (non-hydrogen) atoms. The summed E-state index contributed by atoms with van der Waals surface area (Å²) in [6, 6.07) is 0.333. The van der Waals surface area contributed by atoms with Crippen molar-refractivity contribution in [1.29, 1.82) is 0 Å². The van der Waals surface area contributed by atoms with Crippen molar-refractivity contribution in [3.05, 3.63) is 34.4 Å². The van der Waals surface area contributed by atoms with Crippen molar-refractivity contribution in [3.8, 4) is 0 Å². The third kappa shape index (κ3) is 3.38. The van der Waals surface area contributed by atoms with Crippen molar-refractivity contribution in [1.82, 2.24) is 30.0 Å². The fourth-order valence-electron chi connectivity index (χ4n) is 4.19. The summed E-state index contributed by atoms with van der Waals surface area (Å²) in [5, 5.41) is 12.3. The number of nitrogens with zero attached hydrogens (tertiary/aromatic N) is 5. The Bertz CT molecular complexity index is 776. The van der Waals surface area contributed by atoms with Crippen molar-refractivity contribution < 1.29 is 0 Å². The van der Waals surface area contributed by atoms with E-state index in [4.69, 9.17) is 10.7 Å². The molecule has 0 saturated heterocycles. The second kappa shape index (κ2) is 7.40. The van der Waals surface area contributed by atoms with E-state index in [0.29, 0.717) is 12.0 Å². The van der Waals surface area contributed by atoms with E-state index in [9.17, 15) is 0 Å². The largest absolute Gasteiger partial charge is 0.328 e. The van der Waals surface area contributed by atoms with Gasteiger partial charge in [-0.15, -0.1) is 10.2 Å². The SMILES string of the molecule is CCn1c(CNCCc2nc(C)c3c(n2)CCC3)nnc1C1CC(N)C1. The number of hydrogen-bond donors (Lipinski definition) is 2. The van der Waals surface area contributed by atoms with Crippen LogP contribution >= 0.6 is 0 Å². The molecule has 2 aliphatic rings. The molecule has 0 bridgehead atoms. The molecule has 0 radical (unpaired) electrons. The van der Waals surface area contributed by atoms with Crippen LogP contribution in [0.2, 0.25) is 0 Å². The Labute approximate surface area is 154 Å². The average Bonchev–Trinajstić information content (AvgIpc) is 3.22. The molecule has 0 spiro atoms. The van der Waals surface area contributed by atoms with Gasteiger partial charge in [0.15, 0.2) is 0 Å². The van der Waals surface area contributed by atoms with Crippen LogP contribution in [0.15, 0.2) is 0 Å². The van der Waals surface area contributed by atoms with Gasteiger partial charge < -0.3 is 15.6 Å². The van der Waals surface area contributed by atoms with Gasteiger partial charge in [-0.2, -0.15) is 0 Å². The molecule has 7 nitrogen and oxygen atoms in total. The Morgan fingerprint density at radius 3 is 2.81 bits per heavy atom. The summed E-state index contributed by atoms with van der Waals surface area (Å²) >= 11 is 0. The first kappa shape index (κ1) is 17.5. The number of fused-ring (bicyclic) bond motifs is 1. The predicted molar refractivity (Wildman–Crippen MR) is 99.9 cm³/mol. The van der Waals surface area contributed by atoms with Gasteiger partial charge in [-0.3, -0.25) is 0 Å². The number of aromatic nitrogens is 5. The zero-order valence-electron chi connectivity index (χ0n) is 15.8. The molecule has 2 aromatic heterocycles. The van der Waals surface area contributed by atoms with Gasteiger partial charge in [-0.1, -0.05) is 0 Å². The van der Waals surface area contributed by atoms with Gasteiger partial charge in [0.2, 0.25) is 0 Å². The lowest BCUT2D eigenvalue weighted by Crippen LogP contribution is -2.36. The minimum absolute atomic E-state index is 0.333. The van der Waals surface area contributed by atoms with Gasteiger partial charge in [-0.05, 0) is 51.5 Å². The third-order valence-electron chi connectivity index (χ3n) is 5.71. The Balaban J connectivity index is 1.32. The van der Waals surface area contributed by atoms with E-state index in [2.05, 4.69) is 38.9 Å². The second-order valence-electron chi connectivity index (χ2n) is 7.58. The molecule has 2 aromatic rings. The van der Waals surface area contributed by atoms with E-state index in [0.717, 1.165) is 74.9 Å². The monoisotopic (exact) mass is 355 g/mol. The fourth-order valence-corrected chi connectivity index (χ4v) is 4.19. The number of nitrogens with one attached hydrogen (secondary N) is 1. The highest BCUT2D eigenvalue weighted by molar-refractivity contribution is 5.29. The van der Waals surface area contributed by atoms with Crippen molar-refractivity contribution >= 4 is 0 Å². The van der Waals surface area contributed by atoms with Crippen LogP contribution < -0.4 is 11.1 Å². The molecule has 2 aliphatic carbocycles. The number of nitrogens with two attached hydrogens (primary N) is 1. The summed E-state index contributed by atoms with van der Waals surface area (Å²) in [6.07, 6.45) is 6.36. The van der Waals surface area contributed by atoms with E-state index < -0.39 is 0 Å². The van der Waals surface area contributed by atoms with Crippen molar-refractivity contribution in [2.75, 3.05) is 6.54 Å². The molecule has 2 heterocycles. The van der Waals surface area contributed by atoms with E-state index in [1.807, 2.05) is 0 Å². The standard InChI is InChI=1S/C19H29N7/c1-3-26-18(24-25-19(26)13-9-14(20)10-13)11-21-8-7-17-22-12(2)15-5-4-6-16(15)23-17/h13-14,21H,3-11,20H2,1-2H3. The normalized spacial score (nSPS) is 21.7. The Kier molecular flexibility index (Phi) is 5.00. The molecule has 0 atom stereocenters. The summed E-state index contributed by atoms with van der Waals surface area (Å²) in [7, 11) is 0. The summed E-state index contributed by atoms with van der Waals surface area (Å²) in [6.45, 7) is 6.73. The Morgan fingerprint density at radius 1 is 1.19 bits per heavy atom. The third-order valence-corrected chi connectivity index (χ3v) is 5.71. The summed E-state index contributed by atoms with van der Waals surface area (Å²) < 4.78 is 2.24. The molecule has 0 unspecified atom stereocenters. The molecule has 0 amide bonds. The molecule has 140 valence electrons. The maximum atomic E-state index is 5.92. The summed E-state index contributed by atoms with van der Waals surface area (Å²) in [5.74, 6) is 3.54. The van der Waals surface area contributed by atoms with E-state index in [1.54, 1.807) is 0 Å². The van der Waals surface area contributed by atoms with Crippen LogP contribution in [0.4, 0.5) is 0 Å². The lowest BCUT2D eigenvalue weighted by Gasteiger charge is -2.31. The smallest absolute Gasteiger partial charge is 0.147 e. The topological polar surface area (TPSA) is 94.5 Å². The minimum atomic E-state index is 0.333. The molecule has 3 N–H and O–H groups in total. The van der Waals surface area contributed by atoms with Gasteiger partial charge in [0, 0.05) is 42.9 Å². The van der Waals surface area contributed by atoms with Crippen molar-refractivity contribution in [3.63, 3.8) is 0 Å². The van der Waals surface area contributed by atoms with Crippen LogP contribution in [-0.4, -0.2) is 37.3 Å². The molecule has 0 aliphatic heterocycles. The van der Waals surface area contributed by atoms with Crippen LogP contribution in [0.25, 0.3) is 0 Å². The van der Waals surface area contributed by atoms with Gasteiger partial charge in [-0.25, -0.2) is 9.97 Å². The molecule has 7 heteroatoms. The molecule has 1 fully saturated rings. The van der Waals surface area contributed by atoms with Gasteiger partial charge in [0.25, 0.3) is 0 Å². The molecular formula is C19H29N7. The predicted octanol–water partition coefficient (Wildman–Crippen LogP) is 1.42. The molecular weight excluding hydrogens is 326 g/mol. The van der Waals surface area contributed by atoms with Crippen LogP contribution in [0.5, 0.6) is 0 Å². The fraction of sp³-hybridized carbons (Fsp3) is 0.684. The maximum absolute atomic E-state index is 5.92. The summed E-state index contributed by atoms with van der Waals surface area (Å²) in [5.41, 5.74) is 9.73. The Morgan fingerprint density at radius 2 is 2.04 bits per heavy atom. The minimum Gasteiger partial charge on any atom is -0.328 e. The van der Waals surface area contributed by atoms with E-state index in [1.165, 1.54) is 17.7 Å². The lowest BCUT2D eigenvalue weighted by molar-refractivity contribution is 0.328. The summed E-state index contributed by atoms with van der Waals surface area (Å²) in [4.78, 5) is 9.43. The zero-order valence-corrected chi connectivity index (χ0v) is 15.8. The van der Waals surface area contributed by atoms with Gasteiger partial charge in [0.1, 0.15) is 17.5 Å².